The first kappa shape index (κ1) is 89.7. The normalized spacial score (nSPS) is 14.9. The van der Waals surface area contributed by atoms with Crippen LogP contribution < -0.4 is 19.6 Å². The highest BCUT2D eigenvalue weighted by Gasteiger charge is 2.35. The van der Waals surface area contributed by atoms with Crippen molar-refractivity contribution in [1.82, 2.24) is 0 Å². The second-order valence-electron chi connectivity index (χ2n) is 43.9. The van der Waals surface area contributed by atoms with Gasteiger partial charge in [-0.1, -0.05) is 258 Å². The lowest BCUT2D eigenvalue weighted by molar-refractivity contribution is 0.442. The standard InChI is InChI=1S/C70H64N2O2.C68H60N2O2/c1-41-37-51(38-42(2)45(41)5)71(63-27-15-25-57-55-23-13-21-53(67(55)73-69(57)63)47-17-9-7-10-18-47)61-35-31-49-30-34-60-62(36-32-50-29-33-59(61)65(49)66(50)60)72(52-39-43(3)46(6)44(4)40-52)64-28-16-26-58-56-24-14-22-54(68(56)74-70(58)64)48-19-11-8-12-20-48;1-39-35-49(36-40(2)43(39)5)69(61-25-13-23-55-53-21-11-19-51(45-15-7-8-16-45)65(53)71-67(55)61)59-33-29-47-28-32-58-60(34-30-48-27-31-57(59)63(47)64(48)58)70(50-37-41(3)44(6)42(4)38-50)62-26-14-24-56-54-22-12-20-52(46-17-9-10-18-46)66(54)72-68(56)62/h13-16,21-40,47-48H,7-12,17-20H2,1-6H3;11-14,19-38,45-46H,7-10,15-18H2,1-6H3. The molecule has 24 aromatic rings. The molecule has 8 nitrogen and oxygen atoms in total. The Balaban J connectivity index is 0.000000145. The summed E-state index contributed by atoms with van der Waals surface area (Å²) in [6.07, 6.45) is 22.7. The molecule has 0 N–H and O–H groups in total. The van der Waals surface area contributed by atoms with Gasteiger partial charge in [-0.3, -0.25) is 0 Å². The van der Waals surface area contributed by atoms with E-state index in [0.29, 0.717) is 23.7 Å². The molecule has 0 atom stereocenters. The molecule has 28 rings (SSSR count). The third-order valence-corrected chi connectivity index (χ3v) is 35.7. The zero-order chi connectivity index (χ0) is 98.4. The van der Waals surface area contributed by atoms with Crippen LogP contribution >= 0.6 is 0 Å². The molecular weight excluding hydrogens is 1780 g/mol. The summed E-state index contributed by atoms with van der Waals surface area (Å²) in [4.78, 5) is 9.95. The second-order valence-corrected chi connectivity index (χ2v) is 43.9. The molecule has 0 unspecified atom stereocenters. The minimum atomic E-state index is 0.526. The van der Waals surface area contributed by atoms with Crippen molar-refractivity contribution in [3.63, 3.8) is 0 Å². The lowest BCUT2D eigenvalue weighted by Crippen LogP contribution is -2.13. The van der Waals surface area contributed by atoms with Gasteiger partial charge >= 0.3 is 0 Å². The van der Waals surface area contributed by atoms with Crippen LogP contribution in [0.1, 0.15) is 228 Å². The van der Waals surface area contributed by atoms with E-state index in [1.807, 2.05) is 0 Å². The molecular formula is C138H124N4O4. The molecule has 0 bridgehead atoms. The second kappa shape index (κ2) is 35.4. The number of rotatable bonds is 16. The van der Waals surface area contributed by atoms with Crippen molar-refractivity contribution < 1.29 is 17.7 Å². The Kier molecular flexibility index (Phi) is 21.7. The van der Waals surface area contributed by atoms with Crippen molar-refractivity contribution in [3.05, 3.63) is 380 Å². The zero-order valence-electron chi connectivity index (χ0n) is 86.2. The molecule has 4 saturated carbocycles. The van der Waals surface area contributed by atoms with E-state index in [0.717, 1.165) is 134 Å². The van der Waals surface area contributed by atoms with E-state index >= 15 is 0 Å². The first-order valence-corrected chi connectivity index (χ1v) is 54.1. The summed E-state index contributed by atoms with van der Waals surface area (Å²) in [6.45, 7) is 26.9. The summed E-state index contributed by atoms with van der Waals surface area (Å²) >= 11 is 0. The van der Waals surface area contributed by atoms with Crippen molar-refractivity contribution in [2.24, 2.45) is 0 Å². The summed E-state index contributed by atoms with van der Waals surface area (Å²) < 4.78 is 29.0. The minimum Gasteiger partial charge on any atom is -0.454 e. The van der Waals surface area contributed by atoms with Gasteiger partial charge in [0.2, 0.25) is 0 Å². The molecule has 4 aliphatic rings. The Morgan fingerprint density at radius 1 is 0.171 bits per heavy atom. The molecule has 0 amide bonds. The molecule has 20 aromatic carbocycles. The van der Waals surface area contributed by atoms with Crippen molar-refractivity contribution in [2.75, 3.05) is 19.6 Å². The Hall–Kier alpha value is -15.1. The minimum absolute atomic E-state index is 0.526. The fourth-order valence-electron chi connectivity index (χ4n) is 27.1. The average Bonchev–Trinajstić information content (AvgIpc) is 0.778. The number of hydrogen-bond donors (Lipinski definition) is 0. The summed E-state index contributed by atoms with van der Waals surface area (Å²) in [5.41, 5.74) is 42.0. The lowest BCUT2D eigenvalue weighted by Gasteiger charge is -2.30. The van der Waals surface area contributed by atoms with Crippen LogP contribution in [0.5, 0.6) is 0 Å². The molecule has 8 heteroatoms. The molecule has 4 aromatic heterocycles. The summed E-state index contributed by atoms with van der Waals surface area (Å²) in [5, 5.41) is 24.2. The van der Waals surface area contributed by atoms with E-state index in [9.17, 15) is 0 Å². The quantitative estimate of drug-likeness (QED) is 0.0887. The first-order valence-electron chi connectivity index (χ1n) is 54.1. The fraction of sp³-hybridized carbons (Fsp3) is 0.246. The number of hydrogen-bond acceptors (Lipinski definition) is 8. The number of aryl methyl sites for hydroxylation is 8. The van der Waals surface area contributed by atoms with Gasteiger partial charge in [-0.15, -0.1) is 0 Å². The number of furan rings is 4. The number of nitrogens with zero attached hydrogens (tertiary/aromatic N) is 4. The topological polar surface area (TPSA) is 65.5 Å². The van der Waals surface area contributed by atoms with E-state index in [4.69, 9.17) is 17.7 Å². The number of anilines is 12. The van der Waals surface area contributed by atoms with Crippen LogP contribution in [0.2, 0.25) is 0 Å². The summed E-state index contributed by atoms with van der Waals surface area (Å²) in [6, 6.07) is 111. The average molecular weight is 1900 g/mol. The maximum Gasteiger partial charge on any atom is 0.159 e. The molecule has 0 aliphatic heterocycles. The lowest BCUT2D eigenvalue weighted by atomic mass is 9.83. The van der Waals surface area contributed by atoms with E-state index < -0.39 is 0 Å². The monoisotopic (exact) mass is 1900 g/mol. The van der Waals surface area contributed by atoms with E-state index in [2.05, 4.69) is 394 Å². The third-order valence-electron chi connectivity index (χ3n) is 35.7. The third kappa shape index (κ3) is 14.4. The fourth-order valence-corrected chi connectivity index (χ4v) is 27.1. The molecule has 0 saturated heterocycles. The van der Waals surface area contributed by atoms with E-state index in [1.54, 1.807) is 0 Å². The highest BCUT2D eigenvalue weighted by atomic mass is 16.3. The Morgan fingerprint density at radius 2 is 0.349 bits per heavy atom. The van der Waals surface area contributed by atoms with Crippen LogP contribution in [0.15, 0.2) is 309 Å². The van der Waals surface area contributed by atoms with Gasteiger partial charge in [0.25, 0.3) is 0 Å². The summed E-state index contributed by atoms with van der Waals surface area (Å²) in [7, 11) is 0. The number of para-hydroxylation sites is 8. The maximum atomic E-state index is 7.28. The van der Waals surface area contributed by atoms with Crippen LogP contribution in [0.25, 0.3) is 152 Å². The van der Waals surface area contributed by atoms with Crippen molar-refractivity contribution in [3.8, 4) is 0 Å². The summed E-state index contributed by atoms with van der Waals surface area (Å²) in [5.74, 6) is 2.13. The van der Waals surface area contributed by atoms with Gasteiger partial charge in [-0.2, -0.15) is 0 Å². The smallest absolute Gasteiger partial charge is 0.159 e. The van der Waals surface area contributed by atoms with Gasteiger partial charge in [0, 0.05) is 87.4 Å². The van der Waals surface area contributed by atoms with Crippen molar-refractivity contribution >= 4 is 221 Å². The zero-order valence-corrected chi connectivity index (χ0v) is 86.2. The van der Waals surface area contributed by atoms with E-state index in [-0.39, 0.29) is 0 Å². The van der Waals surface area contributed by atoms with Crippen molar-refractivity contribution in [1.29, 1.82) is 0 Å². The van der Waals surface area contributed by atoms with Crippen LogP contribution in [0, 0.1) is 83.1 Å². The molecule has 4 fully saturated rings. The van der Waals surface area contributed by atoms with Gasteiger partial charge in [-0.05, 0) is 387 Å². The first-order chi connectivity index (χ1) is 71.4. The SMILES string of the molecule is Cc1cc(N(c2ccc3ccc4c(N(c5cc(C)c(C)c(C)c5)c5cccc6c5oc5c(C7CCCC7)cccc56)ccc5ccc2c3c54)c2cccc3c2oc2c(C4CCCC4)cccc23)cc(C)c1C.Cc1cc(N(c2ccc3ccc4c(N(c5cc(C)c(C)c(C)c5)c5cccc6c5oc5c(C7CCCCC7)cccc56)ccc5ccc2c3c54)c2cccc3c2oc2c(C4CCCCC4)cccc23)cc(C)c1C. The van der Waals surface area contributed by atoms with Gasteiger partial charge in [0.15, 0.2) is 22.3 Å². The predicted octanol–water partition coefficient (Wildman–Crippen LogP) is 41.8. The van der Waals surface area contributed by atoms with Crippen LogP contribution in [0.4, 0.5) is 68.2 Å². The maximum absolute atomic E-state index is 7.28. The molecule has 0 spiro atoms. The Labute approximate surface area is 854 Å². The van der Waals surface area contributed by atoms with Gasteiger partial charge in [0.05, 0.1) is 45.5 Å². The van der Waals surface area contributed by atoms with Crippen molar-refractivity contribution in [2.45, 2.75) is 222 Å². The van der Waals surface area contributed by atoms with Gasteiger partial charge < -0.3 is 37.3 Å². The van der Waals surface area contributed by atoms with Gasteiger partial charge in [-0.25, -0.2) is 0 Å². The van der Waals surface area contributed by atoms with Crippen LogP contribution in [0.3, 0.4) is 0 Å². The van der Waals surface area contributed by atoms with E-state index in [1.165, 1.54) is 291 Å². The molecule has 146 heavy (non-hydrogen) atoms. The molecule has 4 aliphatic carbocycles. The van der Waals surface area contributed by atoms with Crippen LogP contribution in [-0.2, 0) is 0 Å². The molecule has 0 radical (unpaired) electrons. The largest absolute Gasteiger partial charge is 0.454 e. The highest BCUT2D eigenvalue weighted by Crippen LogP contribution is 2.58. The molecule has 4 heterocycles. The highest BCUT2D eigenvalue weighted by molar-refractivity contribution is 6.31. The number of benzene rings is 20. The predicted molar refractivity (Wildman–Crippen MR) is 619 cm³/mol. The molecule has 720 valence electrons. The Morgan fingerprint density at radius 3 is 0.555 bits per heavy atom. The number of fused-ring (bicyclic) bond motifs is 12. The Bertz CT molecular complexity index is 8800. The van der Waals surface area contributed by atoms with Crippen LogP contribution in [-0.4, -0.2) is 0 Å². The van der Waals surface area contributed by atoms with Gasteiger partial charge in [0.1, 0.15) is 22.3 Å².